The maximum absolute atomic E-state index is 9.79. The lowest BCUT2D eigenvalue weighted by molar-refractivity contribution is 0.0260. The molecule has 0 aliphatic rings. The molecule has 0 bridgehead atoms. The van der Waals surface area contributed by atoms with Crippen molar-refractivity contribution in [2.24, 2.45) is 5.92 Å². The van der Waals surface area contributed by atoms with Gasteiger partial charge in [0.1, 0.15) is 0 Å². The summed E-state index contributed by atoms with van der Waals surface area (Å²) in [5, 5.41) is 21.6. The van der Waals surface area contributed by atoms with E-state index in [0.717, 1.165) is 11.4 Å². The molecule has 1 aromatic heterocycles. The Morgan fingerprint density at radius 1 is 1.23 bits per heavy atom. The molecule has 120 valence electrons. The zero-order valence-electron chi connectivity index (χ0n) is 13.1. The Labute approximate surface area is 131 Å². The molecule has 1 atom stereocenters. The lowest BCUT2D eigenvalue weighted by atomic mass is 10.2. The second-order valence-electron chi connectivity index (χ2n) is 5.68. The molecule has 2 rings (SSSR count). The van der Waals surface area contributed by atoms with Crippen molar-refractivity contribution < 1.29 is 9.84 Å². The van der Waals surface area contributed by atoms with Crippen LogP contribution in [0.1, 0.15) is 19.5 Å². The molecule has 2 aromatic rings. The van der Waals surface area contributed by atoms with Crippen LogP contribution in [0.2, 0.25) is 0 Å². The lowest BCUT2D eigenvalue weighted by Gasteiger charge is -2.12. The zero-order chi connectivity index (χ0) is 15.8. The van der Waals surface area contributed by atoms with E-state index in [9.17, 15) is 5.11 Å². The fourth-order valence-corrected chi connectivity index (χ4v) is 1.93. The molecule has 0 aliphatic heterocycles. The normalized spacial score (nSPS) is 12.7. The van der Waals surface area contributed by atoms with E-state index in [0.29, 0.717) is 32.2 Å². The van der Waals surface area contributed by atoms with E-state index in [2.05, 4.69) is 29.4 Å². The van der Waals surface area contributed by atoms with Gasteiger partial charge in [0.25, 0.3) is 0 Å². The van der Waals surface area contributed by atoms with Gasteiger partial charge in [-0.15, -0.1) is 0 Å². The molecule has 0 fully saturated rings. The van der Waals surface area contributed by atoms with Gasteiger partial charge in [-0.05, 0) is 18.1 Å². The van der Waals surface area contributed by atoms with Crippen LogP contribution in [-0.4, -0.2) is 46.0 Å². The highest BCUT2D eigenvalue weighted by Gasteiger charge is 2.06. The number of hydrogen-bond acceptors (Lipinski definition) is 5. The predicted molar refractivity (Wildman–Crippen MR) is 84.7 cm³/mol. The number of hydrogen-bond donors (Lipinski definition) is 2. The highest BCUT2D eigenvalue weighted by Crippen LogP contribution is 2.04. The van der Waals surface area contributed by atoms with E-state index in [1.54, 1.807) is 11.0 Å². The second kappa shape index (κ2) is 8.63. The molecule has 0 spiro atoms. The van der Waals surface area contributed by atoms with Crippen LogP contribution < -0.4 is 5.32 Å². The van der Waals surface area contributed by atoms with Gasteiger partial charge < -0.3 is 15.2 Å². The second-order valence-corrected chi connectivity index (χ2v) is 5.68. The molecule has 6 heteroatoms. The number of ether oxygens (including phenoxy) is 1. The monoisotopic (exact) mass is 304 g/mol. The number of aliphatic hydroxyl groups is 1. The molecule has 0 saturated heterocycles. The average molecular weight is 304 g/mol. The highest BCUT2D eigenvalue weighted by atomic mass is 16.5. The summed E-state index contributed by atoms with van der Waals surface area (Å²) in [5.74, 6) is 0.480. The largest absolute Gasteiger partial charge is 0.389 e. The van der Waals surface area contributed by atoms with E-state index in [1.807, 2.05) is 30.3 Å². The van der Waals surface area contributed by atoms with Gasteiger partial charge in [-0.1, -0.05) is 32.0 Å². The van der Waals surface area contributed by atoms with Crippen molar-refractivity contribution >= 4 is 0 Å². The third-order valence-electron chi connectivity index (χ3n) is 2.97. The smallest absolute Gasteiger partial charge is 0.0969 e. The Hall–Kier alpha value is -1.76. The van der Waals surface area contributed by atoms with E-state index < -0.39 is 6.10 Å². The van der Waals surface area contributed by atoms with Crippen LogP contribution in [0.4, 0.5) is 0 Å². The van der Waals surface area contributed by atoms with Crippen molar-refractivity contribution in [2.45, 2.75) is 26.5 Å². The lowest BCUT2D eigenvalue weighted by Crippen LogP contribution is -2.30. The Balaban J connectivity index is 1.70. The first-order valence-electron chi connectivity index (χ1n) is 7.58. The van der Waals surface area contributed by atoms with E-state index in [-0.39, 0.29) is 0 Å². The predicted octanol–water partition coefficient (Wildman–Crippen LogP) is 1.39. The number of aromatic nitrogens is 3. The van der Waals surface area contributed by atoms with Crippen molar-refractivity contribution in [3.05, 3.63) is 42.2 Å². The fourth-order valence-electron chi connectivity index (χ4n) is 1.93. The van der Waals surface area contributed by atoms with Gasteiger partial charge in [0, 0.05) is 19.7 Å². The van der Waals surface area contributed by atoms with Gasteiger partial charge >= 0.3 is 0 Å². The molecular weight excluding hydrogens is 280 g/mol. The molecule has 0 amide bonds. The number of rotatable bonds is 9. The van der Waals surface area contributed by atoms with Crippen molar-refractivity contribution in [1.82, 2.24) is 20.3 Å². The molecule has 0 aliphatic carbocycles. The van der Waals surface area contributed by atoms with Gasteiger partial charge in [0.2, 0.25) is 0 Å². The summed E-state index contributed by atoms with van der Waals surface area (Å²) in [6.07, 6.45) is 1.21. The van der Waals surface area contributed by atoms with Crippen LogP contribution in [0.5, 0.6) is 0 Å². The number of nitrogens with one attached hydrogen (secondary N) is 1. The fraction of sp³-hybridized carbons (Fsp3) is 0.500. The molecular formula is C16H24N4O2. The van der Waals surface area contributed by atoms with Gasteiger partial charge in [-0.3, -0.25) is 0 Å². The third-order valence-corrected chi connectivity index (χ3v) is 2.97. The average Bonchev–Trinajstić information content (AvgIpc) is 2.97. The Morgan fingerprint density at radius 2 is 2.00 bits per heavy atom. The van der Waals surface area contributed by atoms with Crippen molar-refractivity contribution in [3.63, 3.8) is 0 Å². The Kier molecular flexibility index (Phi) is 6.51. The van der Waals surface area contributed by atoms with Crippen LogP contribution >= 0.6 is 0 Å². The van der Waals surface area contributed by atoms with Gasteiger partial charge in [0.05, 0.1) is 30.3 Å². The molecule has 22 heavy (non-hydrogen) atoms. The summed E-state index contributed by atoms with van der Waals surface area (Å²) in [6, 6.07) is 9.76. The molecule has 1 heterocycles. The van der Waals surface area contributed by atoms with Crippen LogP contribution in [-0.2, 0) is 11.3 Å². The molecule has 0 saturated carbocycles. The van der Waals surface area contributed by atoms with Gasteiger partial charge in [0.15, 0.2) is 0 Å². The number of aliphatic hydroxyl groups excluding tert-OH is 1. The molecule has 2 N–H and O–H groups in total. The SMILES string of the molecule is CC(C)COCC(O)CNCc1cnn(-c2ccccc2)n1. The summed E-state index contributed by atoms with van der Waals surface area (Å²) in [5.41, 5.74) is 1.76. The quantitative estimate of drug-likeness (QED) is 0.732. The summed E-state index contributed by atoms with van der Waals surface area (Å²) >= 11 is 0. The van der Waals surface area contributed by atoms with Gasteiger partial charge in [-0.25, -0.2) is 0 Å². The van der Waals surface area contributed by atoms with Gasteiger partial charge in [-0.2, -0.15) is 15.0 Å². The number of benzene rings is 1. The van der Waals surface area contributed by atoms with Crippen LogP contribution in [0, 0.1) is 5.92 Å². The summed E-state index contributed by atoms with van der Waals surface area (Å²) in [6.45, 7) is 6.22. The van der Waals surface area contributed by atoms with E-state index in [1.165, 1.54) is 0 Å². The van der Waals surface area contributed by atoms with Crippen molar-refractivity contribution in [2.75, 3.05) is 19.8 Å². The van der Waals surface area contributed by atoms with Crippen LogP contribution in [0.3, 0.4) is 0 Å². The summed E-state index contributed by atoms with van der Waals surface area (Å²) < 4.78 is 5.40. The maximum atomic E-state index is 9.79. The van der Waals surface area contributed by atoms with E-state index in [4.69, 9.17) is 4.74 Å². The first-order valence-corrected chi connectivity index (χ1v) is 7.58. The minimum Gasteiger partial charge on any atom is -0.389 e. The molecule has 0 radical (unpaired) electrons. The molecule has 1 aromatic carbocycles. The molecule has 1 unspecified atom stereocenters. The first kappa shape index (κ1) is 16.6. The topological polar surface area (TPSA) is 72.2 Å². The molecule has 6 nitrogen and oxygen atoms in total. The van der Waals surface area contributed by atoms with E-state index >= 15 is 0 Å². The highest BCUT2D eigenvalue weighted by molar-refractivity contribution is 5.28. The number of nitrogens with zero attached hydrogens (tertiary/aromatic N) is 3. The minimum absolute atomic E-state index is 0.349. The third kappa shape index (κ3) is 5.55. The Morgan fingerprint density at radius 3 is 2.73 bits per heavy atom. The van der Waals surface area contributed by atoms with Crippen molar-refractivity contribution in [1.29, 1.82) is 0 Å². The van der Waals surface area contributed by atoms with Crippen molar-refractivity contribution in [3.8, 4) is 5.69 Å². The summed E-state index contributed by atoms with van der Waals surface area (Å²) in [4.78, 5) is 1.60. The number of para-hydroxylation sites is 1. The standard InChI is InChI=1S/C16H24N4O2/c1-13(2)11-22-12-16(21)10-17-8-14-9-18-20(19-14)15-6-4-3-5-7-15/h3-7,9,13,16-17,21H,8,10-12H2,1-2H3. The first-order chi connectivity index (χ1) is 10.6. The maximum Gasteiger partial charge on any atom is 0.0969 e. The Bertz CT molecular complexity index is 542. The summed E-state index contributed by atoms with van der Waals surface area (Å²) in [7, 11) is 0. The zero-order valence-corrected chi connectivity index (χ0v) is 13.1. The van der Waals surface area contributed by atoms with Crippen LogP contribution in [0.15, 0.2) is 36.5 Å². The van der Waals surface area contributed by atoms with Crippen LogP contribution in [0.25, 0.3) is 5.69 Å². The minimum atomic E-state index is -0.511.